The minimum atomic E-state index is 0.601. The lowest BCUT2D eigenvalue weighted by Gasteiger charge is -2.14. The van der Waals surface area contributed by atoms with Crippen LogP contribution in [0.15, 0.2) is 176 Å². The van der Waals surface area contributed by atoms with Gasteiger partial charge in [0.1, 0.15) is 6.07 Å². The molecular formula is C50H29N5. The number of fused-ring (bicyclic) bond motifs is 9. The summed E-state index contributed by atoms with van der Waals surface area (Å²) >= 11 is 0. The lowest BCUT2D eigenvalue weighted by atomic mass is 10.0. The first-order chi connectivity index (χ1) is 27.2. The van der Waals surface area contributed by atoms with Crippen LogP contribution in [0, 0.1) is 22.7 Å². The van der Waals surface area contributed by atoms with Crippen molar-refractivity contribution in [2.75, 3.05) is 0 Å². The van der Waals surface area contributed by atoms with Gasteiger partial charge in [-0.25, -0.2) is 0 Å². The van der Waals surface area contributed by atoms with E-state index >= 15 is 0 Å². The zero-order valence-corrected chi connectivity index (χ0v) is 29.5. The largest absolute Gasteiger partial charge is 0.309 e. The van der Waals surface area contributed by atoms with E-state index in [9.17, 15) is 10.5 Å². The Bertz CT molecular complexity index is 3400. The fourth-order valence-corrected chi connectivity index (χ4v) is 8.74. The van der Waals surface area contributed by atoms with Gasteiger partial charge in [-0.15, -0.1) is 0 Å². The number of rotatable bonds is 4. The van der Waals surface area contributed by atoms with Gasteiger partial charge in [-0.05, 0) is 83.9 Å². The van der Waals surface area contributed by atoms with Gasteiger partial charge in [0.15, 0.2) is 0 Å². The summed E-state index contributed by atoms with van der Waals surface area (Å²) in [4.78, 5) is 0. The van der Waals surface area contributed by atoms with Gasteiger partial charge >= 0.3 is 0 Å². The van der Waals surface area contributed by atoms with E-state index < -0.39 is 0 Å². The van der Waals surface area contributed by atoms with Crippen LogP contribution in [0.5, 0.6) is 0 Å². The van der Waals surface area contributed by atoms with Crippen molar-refractivity contribution in [3.63, 3.8) is 0 Å². The zero-order chi connectivity index (χ0) is 36.6. The number of nitrogens with zero attached hydrogens (tertiary/aromatic N) is 5. The minimum Gasteiger partial charge on any atom is -0.309 e. The van der Waals surface area contributed by atoms with Crippen LogP contribution in [0.4, 0.5) is 0 Å². The van der Waals surface area contributed by atoms with E-state index in [1.54, 1.807) is 0 Å². The fourth-order valence-electron chi connectivity index (χ4n) is 8.74. The maximum Gasteiger partial charge on any atom is 0.101 e. The Morgan fingerprint density at radius 2 is 0.818 bits per heavy atom. The Kier molecular flexibility index (Phi) is 6.61. The Balaban J connectivity index is 1.09. The molecule has 0 spiro atoms. The number of hydrogen-bond acceptors (Lipinski definition) is 2. The average Bonchev–Trinajstić information content (AvgIpc) is 3.89. The van der Waals surface area contributed by atoms with Crippen LogP contribution >= 0.6 is 0 Å². The minimum absolute atomic E-state index is 0.601. The summed E-state index contributed by atoms with van der Waals surface area (Å²) in [7, 11) is 0. The molecule has 0 amide bonds. The van der Waals surface area contributed by atoms with Crippen molar-refractivity contribution in [1.82, 2.24) is 13.7 Å². The highest BCUT2D eigenvalue weighted by molar-refractivity contribution is 6.13. The van der Waals surface area contributed by atoms with Crippen molar-refractivity contribution in [2.24, 2.45) is 0 Å². The highest BCUT2D eigenvalue weighted by atomic mass is 15.0. The topological polar surface area (TPSA) is 62.4 Å². The normalized spacial score (nSPS) is 11.6. The summed E-state index contributed by atoms with van der Waals surface area (Å²) in [5.41, 5.74) is 12.7. The Morgan fingerprint density at radius 1 is 0.327 bits per heavy atom. The van der Waals surface area contributed by atoms with Gasteiger partial charge in [0.05, 0.1) is 56.0 Å². The molecule has 0 aliphatic rings. The van der Waals surface area contributed by atoms with Gasteiger partial charge in [0.25, 0.3) is 0 Å². The molecule has 0 N–H and O–H groups in total. The van der Waals surface area contributed by atoms with Crippen molar-refractivity contribution in [1.29, 1.82) is 10.5 Å². The van der Waals surface area contributed by atoms with Gasteiger partial charge in [-0.3, -0.25) is 0 Å². The maximum atomic E-state index is 10.5. The number of para-hydroxylation sites is 4. The molecule has 0 aliphatic carbocycles. The third-order valence-corrected chi connectivity index (χ3v) is 11.1. The lowest BCUT2D eigenvalue weighted by molar-refractivity contribution is 1.15. The Hall–Kier alpha value is -7.86. The van der Waals surface area contributed by atoms with Crippen molar-refractivity contribution < 1.29 is 0 Å². The second-order valence-corrected chi connectivity index (χ2v) is 14.0. The molecular weight excluding hydrogens is 671 g/mol. The smallest absolute Gasteiger partial charge is 0.101 e. The first-order valence-corrected chi connectivity index (χ1v) is 18.3. The molecule has 5 nitrogen and oxygen atoms in total. The van der Waals surface area contributed by atoms with E-state index in [0.29, 0.717) is 11.1 Å². The van der Waals surface area contributed by atoms with Gasteiger partial charge in [-0.1, -0.05) is 103 Å². The quantitative estimate of drug-likeness (QED) is 0.184. The van der Waals surface area contributed by atoms with Crippen LogP contribution in [0.2, 0.25) is 0 Å². The highest BCUT2D eigenvalue weighted by Crippen LogP contribution is 2.39. The Labute approximate surface area is 316 Å². The first kappa shape index (κ1) is 30.7. The van der Waals surface area contributed by atoms with E-state index in [2.05, 4.69) is 165 Å². The van der Waals surface area contributed by atoms with Crippen LogP contribution in [0.3, 0.4) is 0 Å². The SMILES string of the molecule is N#Cc1ccc(-c2ccc(-n3c4ccccc4c4c(C#N)cccc43)cc2)cc1-n1c2ccccc2c2ccc(-n3c4ccccc4c4ccccc43)cc21. The van der Waals surface area contributed by atoms with Gasteiger partial charge in [0, 0.05) is 43.7 Å². The van der Waals surface area contributed by atoms with Crippen LogP contribution < -0.4 is 0 Å². The molecule has 11 rings (SSSR count). The van der Waals surface area contributed by atoms with Crippen LogP contribution in [0.1, 0.15) is 11.1 Å². The molecule has 8 aromatic carbocycles. The molecule has 254 valence electrons. The molecule has 0 saturated heterocycles. The summed E-state index contributed by atoms with van der Waals surface area (Å²) in [5, 5.41) is 27.2. The van der Waals surface area contributed by atoms with Gasteiger partial charge < -0.3 is 13.7 Å². The molecule has 0 unspecified atom stereocenters. The second-order valence-electron chi connectivity index (χ2n) is 14.0. The van der Waals surface area contributed by atoms with Gasteiger partial charge in [0.2, 0.25) is 0 Å². The van der Waals surface area contributed by atoms with Crippen LogP contribution in [0.25, 0.3) is 93.6 Å². The van der Waals surface area contributed by atoms with Crippen molar-refractivity contribution in [3.05, 3.63) is 187 Å². The van der Waals surface area contributed by atoms with E-state index in [1.807, 2.05) is 36.4 Å². The number of aromatic nitrogens is 3. The third-order valence-electron chi connectivity index (χ3n) is 11.1. The number of nitriles is 2. The van der Waals surface area contributed by atoms with E-state index in [1.165, 1.54) is 10.8 Å². The fraction of sp³-hybridized carbons (Fsp3) is 0. The third kappa shape index (κ3) is 4.45. The summed E-state index contributed by atoms with van der Waals surface area (Å²) in [6, 6.07) is 66.0. The molecule has 0 aliphatic heterocycles. The maximum absolute atomic E-state index is 10.5. The van der Waals surface area contributed by atoms with Gasteiger partial charge in [-0.2, -0.15) is 10.5 Å². The Morgan fingerprint density at radius 3 is 1.45 bits per heavy atom. The number of hydrogen-bond donors (Lipinski definition) is 0. The molecule has 3 heterocycles. The molecule has 5 heteroatoms. The molecule has 3 aromatic heterocycles. The van der Waals surface area contributed by atoms with Crippen LogP contribution in [-0.4, -0.2) is 13.7 Å². The standard InChI is InChI=1S/C50H29N5/c51-30-34-21-20-33(32-22-24-36(25-23-32)53-46-18-8-4-14-42(46)50-35(31-52)10-9-19-47(50)53)28-48(34)55-45-17-7-3-13-40(45)41-27-26-37(29-49(41)55)54-43-15-5-1-11-38(43)39-12-2-6-16-44(39)54/h1-29H. The first-order valence-electron chi connectivity index (χ1n) is 18.3. The predicted molar refractivity (Wildman–Crippen MR) is 224 cm³/mol. The van der Waals surface area contributed by atoms with Crippen molar-refractivity contribution in [2.45, 2.75) is 0 Å². The molecule has 0 fully saturated rings. The molecule has 0 radical (unpaired) electrons. The highest BCUT2D eigenvalue weighted by Gasteiger charge is 2.19. The predicted octanol–water partition coefficient (Wildman–Crippen LogP) is 12.4. The molecule has 0 bridgehead atoms. The van der Waals surface area contributed by atoms with E-state index in [0.717, 1.165) is 82.8 Å². The summed E-state index contributed by atoms with van der Waals surface area (Å²) < 4.78 is 6.82. The molecule has 11 aromatic rings. The molecule has 0 atom stereocenters. The lowest BCUT2D eigenvalue weighted by Crippen LogP contribution is -2.00. The summed E-state index contributed by atoms with van der Waals surface area (Å²) in [6.07, 6.45) is 0. The van der Waals surface area contributed by atoms with Crippen molar-refractivity contribution >= 4 is 65.4 Å². The molecule has 55 heavy (non-hydrogen) atoms. The summed E-state index contributed by atoms with van der Waals surface area (Å²) in [6.45, 7) is 0. The zero-order valence-electron chi connectivity index (χ0n) is 29.5. The summed E-state index contributed by atoms with van der Waals surface area (Å²) in [5.74, 6) is 0. The second kappa shape index (κ2) is 11.8. The van der Waals surface area contributed by atoms with Crippen LogP contribution in [-0.2, 0) is 0 Å². The van der Waals surface area contributed by atoms with Crippen molar-refractivity contribution in [3.8, 4) is 40.3 Å². The molecule has 0 saturated carbocycles. The van der Waals surface area contributed by atoms with E-state index in [4.69, 9.17) is 0 Å². The monoisotopic (exact) mass is 699 g/mol. The number of benzene rings is 8. The average molecular weight is 700 g/mol. The van der Waals surface area contributed by atoms with E-state index in [-0.39, 0.29) is 0 Å².